The molecule has 1 saturated heterocycles. The van der Waals surface area contributed by atoms with Gasteiger partial charge in [0.05, 0.1) is 11.2 Å². The summed E-state index contributed by atoms with van der Waals surface area (Å²) in [4.78, 5) is 23.4. The number of rotatable bonds is 6. The number of halogens is 1. The average Bonchev–Trinajstić information content (AvgIpc) is 3.32. The summed E-state index contributed by atoms with van der Waals surface area (Å²) in [5, 5.41) is 3.22. The van der Waals surface area contributed by atoms with Crippen LogP contribution in [0.2, 0.25) is 0 Å². The highest BCUT2D eigenvalue weighted by molar-refractivity contribution is 5.83. The van der Waals surface area contributed by atoms with Gasteiger partial charge in [-0.3, -0.25) is 4.90 Å². The Bertz CT molecular complexity index is 1440. The van der Waals surface area contributed by atoms with Crippen LogP contribution in [0.4, 0.5) is 16.2 Å². The first-order valence-corrected chi connectivity index (χ1v) is 13.7. The van der Waals surface area contributed by atoms with E-state index >= 15 is 4.39 Å². The van der Waals surface area contributed by atoms with Crippen molar-refractivity contribution in [3.8, 4) is 11.3 Å². The summed E-state index contributed by atoms with van der Waals surface area (Å²) in [6.07, 6.45) is 6.73. The summed E-state index contributed by atoms with van der Waals surface area (Å²) in [6.45, 7) is 12.8. The Balaban J connectivity index is 1.21. The number of aryl methyl sites for hydroxylation is 2. The number of nitrogens with one attached hydrogen (secondary N) is 1. The highest BCUT2D eigenvalue weighted by Gasteiger charge is 2.23. The second-order valence-corrected chi connectivity index (χ2v) is 10.6. The van der Waals surface area contributed by atoms with Gasteiger partial charge in [-0.1, -0.05) is 13.0 Å². The molecule has 0 radical (unpaired) electrons. The molecular formula is C29H35FN8. The van der Waals surface area contributed by atoms with Crippen molar-refractivity contribution in [2.75, 3.05) is 38.0 Å². The number of aromatic nitrogens is 5. The Morgan fingerprint density at radius 1 is 1.03 bits per heavy atom. The fraction of sp³-hybridized carbons (Fsp3) is 0.448. The van der Waals surface area contributed by atoms with E-state index in [-0.39, 0.29) is 5.82 Å². The molecule has 2 aliphatic heterocycles. The number of anilines is 2. The predicted octanol–water partition coefficient (Wildman–Crippen LogP) is 5.11. The van der Waals surface area contributed by atoms with Crippen molar-refractivity contribution in [2.24, 2.45) is 0 Å². The lowest BCUT2D eigenvalue weighted by molar-refractivity contribution is 0.132. The third kappa shape index (κ3) is 4.88. The third-order valence-corrected chi connectivity index (χ3v) is 7.91. The Hall–Kier alpha value is -3.43. The molecule has 1 atom stereocenters. The maximum atomic E-state index is 15.2. The van der Waals surface area contributed by atoms with Gasteiger partial charge in [-0.05, 0) is 62.6 Å². The number of hydrogen-bond acceptors (Lipinski definition) is 7. The monoisotopic (exact) mass is 514 g/mol. The Labute approximate surface area is 222 Å². The number of fused-ring (bicyclic) bond motifs is 3. The van der Waals surface area contributed by atoms with Gasteiger partial charge in [0.1, 0.15) is 17.2 Å². The minimum absolute atomic E-state index is 0.303. The van der Waals surface area contributed by atoms with Crippen LogP contribution in [0.15, 0.2) is 36.7 Å². The zero-order valence-electron chi connectivity index (χ0n) is 22.4. The number of hydrogen-bond donors (Lipinski definition) is 1. The van der Waals surface area contributed by atoms with E-state index in [9.17, 15) is 0 Å². The van der Waals surface area contributed by atoms with Crippen molar-refractivity contribution < 1.29 is 4.39 Å². The SMILES string of the molecule is CCN1CCN(Cc2ccc(Nc3ncc(C)c(-c4cc(F)c5nc6n(c5c4)C(C)CCC6)n3)nc2)CC1. The van der Waals surface area contributed by atoms with Crippen LogP contribution in [0.25, 0.3) is 22.3 Å². The fourth-order valence-corrected chi connectivity index (χ4v) is 5.71. The van der Waals surface area contributed by atoms with Crippen molar-refractivity contribution >= 4 is 22.8 Å². The first-order valence-electron chi connectivity index (χ1n) is 13.7. The first kappa shape index (κ1) is 24.9. The minimum Gasteiger partial charge on any atom is -0.325 e. The van der Waals surface area contributed by atoms with Gasteiger partial charge < -0.3 is 14.8 Å². The molecule has 8 nitrogen and oxygen atoms in total. The number of likely N-dealkylation sites (N-methyl/N-ethyl adjacent to an activating group) is 1. The third-order valence-electron chi connectivity index (χ3n) is 7.91. The molecule has 0 saturated carbocycles. The number of benzene rings is 1. The van der Waals surface area contributed by atoms with Gasteiger partial charge in [0.2, 0.25) is 5.95 Å². The number of pyridine rings is 1. The van der Waals surface area contributed by atoms with Crippen molar-refractivity contribution in [2.45, 2.75) is 52.6 Å². The normalized spacial score (nSPS) is 18.6. The summed E-state index contributed by atoms with van der Waals surface area (Å²) >= 11 is 0. The van der Waals surface area contributed by atoms with Crippen LogP contribution in [-0.2, 0) is 13.0 Å². The van der Waals surface area contributed by atoms with Gasteiger partial charge in [0.15, 0.2) is 5.82 Å². The zero-order valence-corrected chi connectivity index (χ0v) is 22.4. The van der Waals surface area contributed by atoms with Crippen LogP contribution < -0.4 is 5.32 Å². The Morgan fingerprint density at radius 2 is 1.84 bits per heavy atom. The van der Waals surface area contributed by atoms with Gasteiger partial charge >= 0.3 is 0 Å². The fourth-order valence-electron chi connectivity index (χ4n) is 5.71. The summed E-state index contributed by atoms with van der Waals surface area (Å²) in [5.41, 5.74) is 4.78. The highest BCUT2D eigenvalue weighted by atomic mass is 19.1. The molecule has 1 aromatic carbocycles. The molecule has 1 N–H and O–H groups in total. The molecular weight excluding hydrogens is 479 g/mol. The van der Waals surface area contributed by atoms with Crippen molar-refractivity contribution in [1.29, 1.82) is 0 Å². The zero-order chi connectivity index (χ0) is 26.2. The Morgan fingerprint density at radius 3 is 2.61 bits per heavy atom. The summed E-state index contributed by atoms with van der Waals surface area (Å²) in [7, 11) is 0. The van der Waals surface area contributed by atoms with E-state index in [1.54, 1.807) is 12.3 Å². The molecule has 3 aromatic heterocycles. The molecule has 38 heavy (non-hydrogen) atoms. The molecule has 5 heterocycles. The predicted molar refractivity (Wildman–Crippen MR) is 148 cm³/mol. The van der Waals surface area contributed by atoms with E-state index in [2.05, 4.69) is 54.5 Å². The topological polar surface area (TPSA) is 75.0 Å². The second kappa shape index (κ2) is 10.4. The van der Waals surface area contributed by atoms with E-state index < -0.39 is 0 Å². The van der Waals surface area contributed by atoms with Gasteiger partial charge in [0.25, 0.3) is 0 Å². The lowest BCUT2D eigenvalue weighted by atomic mass is 10.0. The van der Waals surface area contributed by atoms with Gasteiger partial charge in [0, 0.05) is 63.1 Å². The molecule has 0 bridgehead atoms. The standard InChI is InChI=1S/C29H35FN8/c1-4-36-10-12-37(13-11-36)18-21-8-9-25(31-17-21)33-29-32-16-19(2)27(35-29)22-14-23(30)28-24(15-22)38-20(3)6-5-7-26(38)34-28/h8-9,14-17,20H,4-7,10-13,18H2,1-3H3,(H,31,32,33,35). The van der Waals surface area contributed by atoms with E-state index in [1.165, 1.54) is 5.56 Å². The number of nitrogens with zero attached hydrogens (tertiary/aromatic N) is 7. The van der Waals surface area contributed by atoms with Gasteiger partial charge in [-0.2, -0.15) is 0 Å². The number of piperazine rings is 1. The van der Waals surface area contributed by atoms with Gasteiger partial charge in [-0.25, -0.2) is 24.3 Å². The molecule has 1 unspecified atom stereocenters. The van der Waals surface area contributed by atoms with Crippen LogP contribution in [0.3, 0.4) is 0 Å². The molecule has 2 aliphatic rings. The maximum absolute atomic E-state index is 15.2. The van der Waals surface area contributed by atoms with Crippen molar-refractivity contribution in [3.05, 3.63) is 59.4 Å². The van der Waals surface area contributed by atoms with E-state index in [1.807, 2.05) is 25.3 Å². The van der Waals surface area contributed by atoms with E-state index in [4.69, 9.17) is 4.98 Å². The first-order chi connectivity index (χ1) is 18.5. The highest BCUT2D eigenvalue weighted by Crippen LogP contribution is 2.34. The van der Waals surface area contributed by atoms with Crippen LogP contribution >= 0.6 is 0 Å². The van der Waals surface area contributed by atoms with E-state index in [0.717, 1.165) is 81.0 Å². The quantitative estimate of drug-likeness (QED) is 0.383. The molecule has 198 valence electrons. The lowest BCUT2D eigenvalue weighted by Crippen LogP contribution is -2.45. The van der Waals surface area contributed by atoms with Crippen LogP contribution in [0.1, 0.15) is 49.7 Å². The minimum atomic E-state index is -0.313. The van der Waals surface area contributed by atoms with Crippen molar-refractivity contribution in [3.63, 3.8) is 0 Å². The van der Waals surface area contributed by atoms with E-state index in [0.29, 0.717) is 29.0 Å². The molecule has 4 aromatic rings. The van der Waals surface area contributed by atoms with Crippen molar-refractivity contribution in [1.82, 2.24) is 34.3 Å². The molecule has 0 spiro atoms. The summed E-state index contributed by atoms with van der Waals surface area (Å²) in [5.74, 6) is 1.77. The molecule has 1 fully saturated rings. The maximum Gasteiger partial charge on any atom is 0.228 e. The second-order valence-electron chi connectivity index (χ2n) is 10.6. The van der Waals surface area contributed by atoms with Crippen LogP contribution in [0, 0.1) is 12.7 Å². The van der Waals surface area contributed by atoms with Crippen LogP contribution in [-0.4, -0.2) is 67.0 Å². The van der Waals surface area contributed by atoms with Crippen LogP contribution in [0.5, 0.6) is 0 Å². The van der Waals surface area contributed by atoms with Gasteiger partial charge in [-0.15, -0.1) is 0 Å². The average molecular weight is 515 g/mol. The lowest BCUT2D eigenvalue weighted by Gasteiger charge is -2.33. The summed E-state index contributed by atoms with van der Waals surface area (Å²) in [6, 6.07) is 7.93. The smallest absolute Gasteiger partial charge is 0.228 e. The molecule has 9 heteroatoms. The largest absolute Gasteiger partial charge is 0.325 e. The number of imidazole rings is 1. The molecule has 0 aliphatic carbocycles. The Kier molecular flexibility index (Phi) is 6.80. The molecule has 6 rings (SSSR count). The summed E-state index contributed by atoms with van der Waals surface area (Å²) < 4.78 is 17.4. The molecule has 0 amide bonds.